The van der Waals surface area contributed by atoms with E-state index in [-0.39, 0.29) is 6.42 Å². The molecular weight excluding hydrogens is 212 g/mol. The molecule has 1 aromatic rings. The highest BCUT2D eigenvalue weighted by atomic mass is 16.4. The molecule has 1 heterocycles. The van der Waals surface area contributed by atoms with Crippen molar-refractivity contribution in [2.75, 3.05) is 10.6 Å². The highest BCUT2D eigenvalue weighted by molar-refractivity contribution is 6.44. The van der Waals surface area contributed by atoms with Gasteiger partial charge in [0.05, 0.1) is 12.1 Å². The average Bonchev–Trinajstić information content (AvgIpc) is 2.51. The minimum atomic E-state index is -1.65. The molecule has 6 nitrogen and oxygen atoms in total. The highest BCUT2D eigenvalue weighted by Gasteiger charge is 2.35. The summed E-state index contributed by atoms with van der Waals surface area (Å²) in [5.41, 5.74) is 6.86. The molecule has 0 unspecified atom stereocenters. The Bertz CT molecular complexity index is 510. The second kappa shape index (κ2) is 3.34. The van der Waals surface area contributed by atoms with Gasteiger partial charge in [-0.15, -0.1) is 0 Å². The van der Waals surface area contributed by atoms with Crippen LogP contribution in [-0.4, -0.2) is 22.9 Å². The van der Waals surface area contributed by atoms with Crippen molar-refractivity contribution < 1.29 is 19.5 Å². The number of nitrogen functional groups attached to an aromatic ring is 1. The zero-order valence-corrected chi connectivity index (χ0v) is 8.14. The molecule has 0 aliphatic carbocycles. The van der Waals surface area contributed by atoms with Gasteiger partial charge in [-0.25, -0.2) is 9.69 Å². The van der Waals surface area contributed by atoms with Gasteiger partial charge < -0.3 is 10.8 Å². The summed E-state index contributed by atoms with van der Waals surface area (Å²) in [6.45, 7) is 0. The van der Waals surface area contributed by atoms with Crippen molar-refractivity contribution in [2.24, 2.45) is 0 Å². The van der Waals surface area contributed by atoms with Gasteiger partial charge in [-0.1, -0.05) is 0 Å². The van der Waals surface area contributed by atoms with E-state index >= 15 is 0 Å². The van der Waals surface area contributed by atoms with Gasteiger partial charge in [0.15, 0.2) is 0 Å². The topological polar surface area (TPSA) is 101 Å². The Kier molecular flexibility index (Phi) is 2.12. The van der Waals surface area contributed by atoms with E-state index < -0.39 is 17.8 Å². The molecule has 1 aromatic carbocycles. The van der Waals surface area contributed by atoms with Crippen LogP contribution in [0.3, 0.4) is 0 Å². The van der Waals surface area contributed by atoms with Crippen LogP contribution in [0, 0.1) is 0 Å². The molecule has 0 bridgehead atoms. The van der Waals surface area contributed by atoms with E-state index in [2.05, 4.69) is 0 Å². The second-order valence-electron chi connectivity index (χ2n) is 3.40. The average molecular weight is 220 g/mol. The maximum absolute atomic E-state index is 11.5. The fourth-order valence-electron chi connectivity index (χ4n) is 1.66. The number of rotatable bonds is 0. The summed E-state index contributed by atoms with van der Waals surface area (Å²) in [5.74, 6) is -3.44. The molecule has 82 valence electrons. The number of carbonyl (C=O) groups excluding carboxylic acids is 2. The number of aliphatic carboxylic acids is 1. The Hall–Kier alpha value is -2.37. The van der Waals surface area contributed by atoms with Crippen molar-refractivity contribution in [1.82, 2.24) is 0 Å². The Morgan fingerprint density at radius 2 is 2.06 bits per heavy atom. The van der Waals surface area contributed by atoms with Crippen molar-refractivity contribution in [1.29, 1.82) is 0 Å². The van der Waals surface area contributed by atoms with Gasteiger partial charge in [0.1, 0.15) is 0 Å². The smallest absolute Gasteiger partial charge is 0.395 e. The fraction of sp³-hybridized carbons (Fsp3) is 0.100. The number of carboxylic acid groups (broad SMARTS) is 1. The van der Waals surface area contributed by atoms with E-state index in [4.69, 9.17) is 10.8 Å². The molecular formula is C10H8N2O4. The van der Waals surface area contributed by atoms with Crippen LogP contribution in [-0.2, 0) is 20.8 Å². The lowest BCUT2D eigenvalue weighted by molar-refractivity contribution is -0.149. The summed E-state index contributed by atoms with van der Waals surface area (Å²) in [4.78, 5) is 34.0. The van der Waals surface area contributed by atoms with Gasteiger partial charge in [-0.05, 0) is 23.8 Å². The van der Waals surface area contributed by atoms with Crippen molar-refractivity contribution in [2.45, 2.75) is 6.42 Å². The normalized spacial score (nSPS) is 13.8. The molecule has 1 aliphatic heterocycles. The number of amides is 2. The first-order chi connectivity index (χ1) is 7.50. The number of carbonyl (C=O) groups is 3. The largest absolute Gasteiger partial charge is 0.474 e. The Morgan fingerprint density at radius 3 is 2.69 bits per heavy atom. The molecule has 1 aliphatic rings. The van der Waals surface area contributed by atoms with Crippen LogP contribution in [0.15, 0.2) is 18.2 Å². The summed E-state index contributed by atoms with van der Waals surface area (Å²) < 4.78 is 0. The molecule has 0 spiro atoms. The van der Waals surface area contributed by atoms with Gasteiger partial charge in [0.25, 0.3) is 0 Å². The van der Waals surface area contributed by atoms with Crippen molar-refractivity contribution in [3.8, 4) is 0 Å². The number of carboxylic acids is 1. The third kappa shape index (κ3) is 1.40. The number of imide groups is 1. The predicted octanol–water partition coefficient (Wildman–Crippen LogP) is -0.231. The first-order valence-corrected chi connectivity index (χ1v) is 4.49. The van der Waals surface area contributed by atoms with Crippen molar-refractivity contribution >= 4 is 29.2 Å². The lowest BCUT2D eigenvalue weighted by atomic mass is 10.1. The molecule has 0 saturated heterocycles. The van der Waals surface area contributed by atoms with Gasteiger partial charge in [0.2, 0.25) is 5.91 Å². The zero-order chi connectivity index (χ0) is 11.9. The molecule has 0 radical (unpaired) electrons. The molecule has 0 saturated carbocycles. The summed E-state index contributed by atoms with van der Waals surface area (Å²) in [6.07, 6.45) is -0.000602. The van der Waals surface area contributed by atoms with Gasteiger partial charge >= 0.3 is 11.9 Å². The number of nitrogens with two attached hydrogens (primary N) is 1. The van der Waals surface area contributed by atoms with Crippen molar-refractivity contribution in [3.05, 3.63) is 23.8 Å². The van der Waals surface area contributed by atoms with Crippen LogP contribution in [0.5, 0.6) is 0 Å². The number of fused-ring (bicyclic) bond motifs is 1. The van der Waals surface area contributed by atoms with Crippen LogP contribution in [0.2, 0.25) is 0 Å². The number of nitrogens with zero attached hydrogens (tertiary/aromatic N) is 1. The lowest BCUT2D eigenvalue weighted by Gasteiger charge is -2.12. The second-order valence-corrected chi connectivity index (χ2v) is 3.40. The highest BCUT2D eigenvalue weighted by Crippen LogP contribution is 2.30. The molecule has 0 fully saturated rings. The maximum Gasteiger partial charge on any atom is 0.395 e. The minimum absolute atomic E-state index is 0.000602. The molecule has 6 heteroatoms. The van der Waals surface area contributed by atoms with E-state index in [9.17, 15) is 14.4 Å². The Labute approximate surface area is 90.3 Å². The fourth-order valence-corrected chi connectivity index (χ4v) is 1.66. The van der Waals surface area contributed by atoms with Crippen LogP contribution in [0.1, 0.15) is 5.56 Å². The third-order valence-electron chi connectivity index (χ3n) is 2.32. The number of hydrogen-bond acceptors (Lipinski definition) is 4. The third-order valence-corrected chi connectivity index (χ3v) is 2.32. The summed E-state index contributed by atoms with van der Waals surface area (Å²) in [6, 6.07) is 4.54. The zero-order valence-electron chi connectivity index (χ0n) is 8.14. The quantitative estimate of drug-likeness (QED) is 0.464. The first-order valence-electron chi connectivity index (χ1n) is 4.49. The summed E-state index contributed by atoms with van der Waals surface area (Å²) >= 11 is 0. The van der Waals surface area contributed by atoms with Crippen LogP contribution < -0.4 is 10.6 Å². The molecule has 2 amide bonds. The van der Waals surface area contributed by atoms with Gasteiger partial charge in [0, 0.05) is 5.69 Å². The SMILES string of the molecule is Nc1ccc2c(c1)CC(=O)N2C(=O)C(=O)O. The van der Waals surface area contributed by atoms with E-state index in [1.807, 2.05) is 0 Å². The Balaban J connectivity index is 2.48. The van der Waals surface area contributed by atoms with E-state index in [0.717, 1.165) is 0 Å². The molecule has 0 atom stereocenters. The monoisotopic (exact) mass is 220 g/mol. The van der Waals surface area contributed by atoms with Crippen LogP contribution in [0.4, 0.5) is 11.4 Å². The molecule has 16 heavy (non-hydrogen) atoms. The predicted molar refractivity (Wildman–Crippen MR) is 54.7 cm³/mol. The standard InChI is InChI=1S/C10H8N2O4/c11-6-1-2-7-5(3-6)4-8(13)12(7)9(14)10(15)16/h1-3H,4,11H2,(H,15,16). The van der Waals surface area contributed by atoms with E-state index in [1.54, 1.807) is 6.07 Å². The lowest BCUT2D eigenvalue weighted by Crippen LogP contribution is -2.38. The molecule has 3 N–H and O–H groups in total. The van der Waals surface area contributed by atoms with Crippen LogP contribution >= 0.6 is 0 Å². The number of anilines is 2. The van der Waals surface area contributed by atoms with E-state index in [0.29, 0.717) is 21.8 Å². The summed E-state index contributed by atoms with van der Waals surface area (Å²) in [5, 5.41) is 8.57. The number of hydrogen-bond donors (Lipinski definition) is 2. The number of benzene rings is 1. The maximum atomic E-state index is 11.5. The van der Waals surface area contributed by atoms with Gasteiger partial charge in [-0.2, -0.15) is 0 Å². The molecule has 0 aromatic heterocycles. The van der Waals surface area contributed by atoms with Crippen LogP contribution in [0.25, 0.3) is 0 Å². The Morgan fingerprint density at radius 1 is 1.38 bits per heavy atom. The van der Waals surface area contributed by atoms with Crippen molar-refractivity contribution in [3.63, 3.8) is 0 Å². The minimum Gasteiger partial charge on any atom is -0.474 e. The van der Waals surface area contributed by atoms with E-state index in [1.165, 1.54) is 12.1 Å². The molecule has 2 rings (SSSR count). The summed E-state index contributed by atoms with van der Waals surface area (Å²) in [7, 11) is 0. The first kappa shape index (κ1) is 10.2. The van der Waals surface area contributed by atoms with Gasteiger partial charge in [-0.3, -0.25) is 9.59 Å².